The summed E-state index contributed by atoms with van der Waals surface area (Å²) in [7, 11) is 0. The summed E-state index contributed by atoms with van der Waals surface area (Å²) in [5, 5.41) is 8.52. The third-order valence-corrected chi connectivity index (χ3v) is 10.7. The van der Waals surface area contributed by atoms with Gasteiger partial charge in [0.2, 0.25) is 5.78 Å². The Balaban J connectivity index is 1.14. The number of allylic oxidation sites excluding steroid dienone is 4. The van der Waals surface area contributed by atoms with Gasteiger partial charge >= 0.3 is 0 Å². The molecule has 0 radical (unpaired) electrons. The minimum Gasteiger partial charge on any atom is -0.289 e. The quantitative estimate of drug-likeness (QED) is 0.0850. The average Bonchev–Trinajstić information content (AvgIpc) is 3.23. The number of ketones is 2. The Bertz CT molecular complexity index is 2920. The van der Waals surface area contributed by atoms with Crippen molar-refractivity contribution < 1.29 is 9.59 Å². The zero-order chi connectivity index (χ0) is 38.1. The third kappa shape index (κ3) is 6.38. The summed E-state index contributed by atoms with van der Waals surface area (Å²) >= 11 is 0. The van der Waals surface area contributed by atoms with Gasteiger partial charge in [-0.25, -0.2) is 0 Å². The minimum atomic E-state index is -0.196. The molecule has 8 aromatic rings. The number of fused-ring (bicyclic) bond motifs is 4. The molecule has 0 atom stereocenters. The van der Waals surface area contributed by atoms with Gasteiger partial charge in [0, 0.05) is 22.9 Å². The van der Waals surface area contributed by atoms with Crippen LogP contribution in [0.2, 0.25) is 0 Å². The summed E-state index contributed by atoms with van der Waals surface area (Å²) in [6, 6.07) is 49.6. The average molecular weight is 712 g/mol. The molecule has 0 saturated heterocycles. The number of aliphatic imine (C=N–C) groups is 1. The molecular formula is C52H41NO2. The van der Waals surface area contributed by atoms with Crippen molar-refractivity contribution in [2.75, 3.05) is 0 Å². The van der Waals surface area contributed by atoms with E-state index < -0.39 is 0 Å². The van der Waals surface area contributed by atoms with E-state index in [1.807, 2.05) is 74.5 Å². The second-order valence-electron chi connectivity index (χ2n) is 14.0. The van der Waals surface area contributed by atoms with Crippen LogP contribution in [0.1, 0.15) is 52.1 Å². The summed E-state index contributed by atoms with van der Waals surface area (Å²) in [6.45, 7) is 8.07. The van der Waals surface area contributed by atoms with Crippen molar-refractivity contribution in [2.45, 2.75) is 34.1 Å². The van der Waals surface area contributed by atoms with Crippen molar-refractivity contribution in [3.63, 3.8) is 0 Å². The van der Waals surface area contributed by atoms with Crippen LogP contribution in [0.3, 0.4) is 0 Å². The fourth-order valence-electron chi connectivity index (χ4n) is 7.95. The molecule has 0 heterocycles. The Morgan fingerprint density at radius 2 is 0.836 bits per heavy atom. The van der Waals surface area contributed by atoms with Crippen LogP contribution in [0, 0.1) is 13.8 Å². The highest BCUT2D eigenvalue weighted by molar-refractivity contribution is 6.27. The number of hydrogen-bond donors (Lipinski definition) is 0. The first-order chi connectivity index (χ1) is 26.9. The lowest BCUT2D eigenvalue weighted by molar-refractivity contribution is 0.102. The molecule has 55 heavy (non-hydrogen) atoms. The van der Waals surface area contributed by atoms with Crippen LogP contribution in [0.4, 0.5) is 0 Å². The highest BCUT2D eigenvalue weighted by Crippen LogP contribution is 2.38. The summed E-state index contributed by atoms with van der Waals surface area (Å²) < 4.78 is 0. The molecular weight excluding hydrogens is 671 g/mol. The van der Waals surface area contributed by atoms with Crippen molar-refractivity contribution in [1.29, 1.82) is 0 Å². The summed E-state index contributed by atoms with van der Waals surface area (Å²) in [4.78, 5) is 33.4. The molecule has 0 fully saturated rings. The third-order valence-electron chi connectivity index (χ3n) is 10.7. The molecule has 0 aliphatic heterocycles. The molecule has 0 amide bonds. The highest BCUT2D eigenvalue weighted by Gasteiger charge is 2.20. The van der Waals surface area contributed by atoms with Crippen molar-refractivity contribution in [3.8, 4) is 22.3 Å². The maximum absolute atomic E-state index is 14.4. The topological polar surface area (TPSA) is 46.5 Å². The SMILES string of the molecule is C\C=C(/N=C/C(=C/CC)C(=O)c1ccc(-c2ccc(C)c3ccccc23)c2ccccc12)C(=O)c1ccc(-c2ccc(C)c3ccccc23)c2ccccc12. The Hall–Kier alpha value is -6.71. The first kappa shape index (κ1) is 35.3. The smallest absolute Gasteiger partial charge is 0.211 e. The van der Waals surface area contributed by atoms with E-state index in [1.165, 1.54) is 32.7 Å². The van der Waals surface area contributed by atoms with Crippen molar-refractivity contribution in [1.82, 2.24) is 0 Å². The second kappa shape index (κ2) is 15.0. The molecule has 0 aliphatic carbocycles. The molecule has 3 nitrogen and oxygen atoms in total. The molecule has 0 saturated carbocycles. The van der Waals surface area contributed by atoms with E-state index in [4.69, 9.17) is 4.99 Å². The zero-order valence-corrected chi connectivity index (χ0v) is 31.6. The van der Waals surface area contributed by atoms with Crippen molar-refractivity contribution in [2.24, 2.45) is 4.99 Å². The number of aryl methyl sites for hydroxylation is 2. The lowest BCUT2D eigenvalue weighted by atomic mass is 9.89. The van der Waals surface area contributed by atoms with Crippen LogP contribution < -0.4 is 0 Å². The molecule has 8 aromatic carbocycles. The van der Waals surface area contributed by atoms with E-state index in [2.05, 4.69) is 105 Å². The second-order valence-corrected chi connectivity index (χ2v) is 14.0. The fourth-order valence-corrected chi connectivity index (χ4v) is 7.95. The number of hydrogen-bond acceptors (Lipinski definition) is 3. The van der Waals surface area contributed by atoms with Gasteiger partial charge in [-0.05, 0) is 116 Å². The van der Waals surface area contributed by atoms with Gasteiger partial charge in [-0.2, -0.15) is 0 Å². The van der Waals surface area contributed by atoms with E-state index in [-0.39, 0.29) is 17.3 Å². The summed E-state index contributed by atoms with van der Waals surface area (Å²) in [5.74, 6) is -0.330. The normalized spacial score (nSPS) is 12.4. The number of carbonyl (C=O) groups excluding carboxylic acids is 2. The van der Waals surface area contributed by atoms with Crippen LogP contribution >= 0.6 is 0 Å². The van der Waals surface area contributed by atoms with E-state index in [9.17, 15) is 9.59 Å². The van der Waals surface area contributed by atoms with E-state index in [0.717, 1.165) is 43.8 Å². The van der Waals surface area contributed by atoms with Gasteiger partial charge in [0.15, 0.2) is 5.78 Å². The Morgan fingerprint density at radius 1 is 0.473 bits per heavy atom. The van der Waals surface area contributed by atoms with Crippen LogP contribution in [0.5, 0.6) is 0 Å². The maximum Gasteiger partial charge on any atom is 0.211 e. The van der Waals surface area contributed by atoms with Crippen molar-refractivity contribution >= 4 is 60.9 Å². The standard InChI is InChI=1S/C52H41NO2/c1-5-15-35(51(54)48-30-28-46(40-20-11-13-22-42(40)48)44-26-24-33(3)36-16-7-9-18-38(36)44)32-53-50(6-2)52(55)49-31-29-47(41-21-12-14-23-43(41)49)45-27-25-34(4)37-17-8-10-19-39(37)45/h6-32H,5H2,1-4H3/b35-15-,50-6-,53-32+. The van der Waals surface area contributed by atoms with Gasteiger partial charge in [0.05, 0.1) is 0 Å². The number of Topliss-reactive ketones (excluding diaryl/α,β-unsaturated/α-hetero) is 2. The predicted octanol–water partition coefficient (Wildman–Crippen LogP) is 13.6. The minimum absolute atomic E-state index is 0.134. The Morgan fingerprint density at radius 3 is 1.25 bits per heavy atom. The molecule has 0 aliphatic rings. The molecule has 0 unspecified atom stereocenters. The summed E-state index contributed by atoms with van der Waals surface area (Å²) in [6.07, 6.45) is 5.80. The largest absolute Gasteiger partial charge is 0.289 e. The predicted molar refractivity (Wildman–Crippen MR) is 233 cm³/mol. The molecule has 3 heteroatoms. The molecule has 0 N–H and O–H groups in total. The zero-order valence-electron chi connectivity index (χ0n) is 31.6. The van der Waals surface area contributed by atoms with E-state index >= 15 is 0 Å². The number of nitrogens with zero attached hydrogens (tertiary/aromatic N) is 1. The van der Waals surface area contributed by atoms with E-state index in [0.29, 0.717) is 23.1 Å². The van der Waals surface area contributed by atoms with Gasteiger partial charge in [-0.3, -0.25) is 14.6 Å². The lowest BCUT2D eigenvalue weighted by Crippen LogP contribution is -2.08. The van der Waals surface area contributed by atoms with Gasteiger partial charge in [-0.1, -0.05) is 153 Å². The van der Waals surface area contributed by atoms with Gasteiger partial charge < -0.3 is 0 Å². The van der Waals surface area contributed by atoms with Crippen LogP contribution in [-0.4, -0.2) is 17.8 Å². The van der Waals surface area contributed by atoms with Crippen molar-refractivity contribution in [3.05, 3.63) is 191 Å². The molecule has 0 spiro atoms. The molecule has 266 valence electrons. The molecule has 0 aromatic heterocycles. The fraction of sp³-hybridized carbons (Fsp3) is 0.0962. The summed E-state index contributed by atoms with van der Waals surface area (Å²) in [5.41, 5.74) is 8.74. The number of carbonyl (C=O) groups is 2. The van der Waals surface area contributed by atoms with Crippen LogP contribution in [-0.2, 0) is 0 Å². The van der Waals surface area contributed by atoms with Gasteiger partial charge in [0.1, 0.15) is 5.70 Å². The lowest BCUT2D eigenvalue weighted by Gasteiger charge is -2.15. The van der Waals surface area contributed by atoms with Gasteiger partial charge in [-0.15, -0.1) is 0 Å². The highest BCUT2D eigenvalue weighted by atomic mass is 16.1. The first-order valence-electron chi connectivity index (χ1n) is 18.9. The number of rotatable bonds is 9. The van der Waals surface area contributed by atoms with Crippen LogP contribution in [0.15, 0.2) is 174 Å². The van der Waals surface area contributed by atoms with Gasteiger partial charge in [0.25, 0.3) is 0 Å². The Kier molecular flexibility index (Phi) is 9.61. The van der Waals surface area contributed by atoms with E-state index in [1.54, 1.807) is 12.3 Å². The monoisotopic (exact) mass is 711 g/mol. The first-order valence-corrected chi connectivity index (χ1v) is 18.9. The Labute approximate surface area is 322 Å². The van der Waals surface area contributed by atoms with Crippen LogP contribution in [0.25, 0.3) is 65.3 Å². The molecule has 0 bridgehead atoms. The number of benzene rings is 8. The maximum atomic E-state index is 14.4. The molecule has 8 rings (SSSR count).